The number of hydrogen-bond acceptors (Lipinski definition) is 6. The SMILES string of the molecule is CNCCNc1ccc(S(N)(=O)=O)cc1[N+](=O)[O-]. The molecule has 0 unspecified atom stereocenters. The Morgan fingerprint density at radius 2 is 2.06 bits per heavy atom. The number of nitro benzene ring substituents is 1. The van der Waals surface area contributed by atoms with E-state index in [-0.39, 0.29) is 16.3 Å². The molecular formula is C9H14N4O4S. The quantitative estimate of drug-likeness (QED) is 0.377. The summed E-state index contributed by atoms with van der Waals surface area (Å²) in [5, 5.41) is 21.5. The minimum atomic E-state index is -3.95. The van der Waals surface area contributed by atoms with E-state index in [0.29, 0.717) is 13.1 Å². The van der Waals surface area contributed by atoms with E-state index in [0.717, 1.165) is 6.07 Å². The zero-order valence-electron chi connectivity index (χ0n) is 9.71. The molecular weight excluding hydrogens is 260 g/mol. The average molecular weight is 274 g/mol. The van der Waals surface area contributed by atoms with E-state index >= 15 is 0 Å². The summed E-state index contributed by atoms with van der Waals surface area (Å²) in [5.41, 5.74) is -0.0692. The van der Waals surface area contributed by atoms with E-state index in [1.807, 2.05) is 0 Å². The summed E-state index contributed by atoms with van der Waals surface area (Å²) in [5.74, 6) is 0. The van der Waals surface area contributed by atoms with Gasteiger partial charge in [0.25, 0.3) is 5.69 Å². The number of sulfonamides is 1. The largest absolute Gasteiger partial charge is 0.378 e. The Bertz CT molecular complexity index is 543. The molecule has 0 bridgehead atoms. The van der Waals surface area contributed by atoms with Crippen LogP contribution in [0.15, 0.2) is 23.1 Å². The molecule has 0 radical (unpaired) electrons. The Balaban J connectivity index is 3.09. The van der Waals surface area contributed by atoms with Crippen molar-refractivity contribution < 1.29 is 13.3 Å². The van der Waals surface area contributed by atoms with Crippen molar-refractivity contribution in [1.82, 2.24) is 5.32 Å². The molecule has 1 rings (SSSR count). The number of nitrogens with one attached hydrogen (secondary N) is 2. The van der Waals surface area contributed by atoms with E-state index in [2.05, 4.69) is 10.6 Å². The van der Waals surface area contributed by atoms with Crippen molar-refractivity contribution >= 4 is 21.4 Å². The van der Waals surface area contributed by atoms with Crippen LogP contribution in [0.5, 0.6) is 0 Å². The van der Waals surface area contributed by atoms with Gasteiger partial charge in [0, 0.05) is 19.2 Å². The maximum absolute atomic E-state index is 11.1. The number of rotatable bonds is 6. The lowest BCUT2D eigenvalue weighted by Gasteiger charge is -2.07. The highest BCUT2D eigenvalue weighted by molar-refractivity contribution is 7.89. The monoisotopic (exact) mass is 274 g/mol. The molecule has 9 heteroatoms. The molecule has 100 valence electrons. The van der Waals surface area contributed by atoms with E-state index in [9.17, 15) is 18.5 Å². The van der Waals surface area contributed by atoms with Crippen LogP contribution in [0.3, 0.4) is 0 Å². The number of primary sulfonamides is 1. The fourth-order valence-electron chi connectivity index (χ4n) is 1.31. The highest BCUT2D eigenvalue weighted by atomic mass is 32.2. The number of anilines is 1. The molecule has 0 spiro atoms. The molecule has 0 aliphatic carbocycles. The van der Waals surface area contributed by atoms with Gasteiger partial charge in [-0.15, -0.1) is 0 Å². The van der Waals surface area contributed by atoms with Crippen LogP contribution in [0.4, 0.5) is 11.4 Å². The van der Waals surface area contributed by atoms with Crippen LogP contribution in [0, 0.1) is 10.1 Å². The molecule has 1 aromatic rings. The van der Waals surface area contributed by atoms with Crippen molar-refractivity contribution in [3.8, 4) is 0 Å². The first-order chi connectivity index (χ1) is 8.36. The van der Waals surface area contributed by atoms with Crippen LogP contribution in [-0.2, 0) is 10.0 Å². The van der Waals surface area contributed by atoms with Crippen molar-refractivity contribution in [3.05, 3.63) is 28.3 Å². The summed E-state index contributed by atoms with van der Waals surface area (Å²) >= 11 is 0. The highest BCUT2D eigenvalue weighted by Crippen LogP contribution is 2.26. The molecule has 0 aromatic heterocycles. The zero-order chi connectivity index (χ0) is 13.8. The number of likely N-dealkylation sites (N-methyl/N-ethyl adjacent to an activating group) is 1. The maximum Gasteiger partial charge on any atom is 0.293 e. The van der Waals surface area contributed by atoms with Gasteiger partial charge in [0.05, 0.1) is 9.82 Å². The zero-order valence-corrected chi connectivity index (χ0v) is 10.5. The number of hydrogen-bond donors (Lipinski definition) is 3. The first kappa shape index (κ1) is 14.4. The van der Waals surface area contributed by atoms with Gasteiger partial charge < -0.3 is 10.6 Å². The minimum absolute atomic E-state index is 0.252. The summed E-state index contributed by atoms with van der Waals surface area (Å²) in [6.07, 6.45) is 0. The van der Waals surface area contributed by atoms with Gasteiger partial charge in [-0.25, -0.2) is 13.6 Å². The van der Waals surface area contributed by atoms with Crippen LogP contribution in [0.1, 0.15) is 0 Å². The lowest BCUT2D eigenvalue weighted by atomic mass is 10.2. The van der Waals surface area contributed by atoms with Crippen LogP contribution in [0.25, 0.3) is 0 Å². The summed E-state index contributed by atoms with van der Waals surface area (Å²) in [7, 11) is -2.20. The van der Waals surface area contributed by atoms with Crippen molar-refractivity contribution in [1.29, 1.82) is 0 Å². The van der Waals surface area contributed by atoms with Crippen molar-refractivity contribution in [2.75, 3.05) is 25.5 Å². The number of nitrogens with zero attached hydrogens (tertiary/aromatic N) is 1. The van der Waals surface area contributed by atoms with Crippen molar-refractivity contribution in [3.63, 3.8) is 0 Å². The van der Waals surface area contributed by atoms with E-state index < -0.39 is 14.9 Å². The summed E-state index contributed by atoms with van der Waals surface area (Å²) in [4.78, 5) is 9.91. The molecule has 8 nitrogen and oxygen atoms in total. The van der Waals surface area contributed by atoms with Gasteiger partial charge in [-0.05, 0) is 19.2 Å². The highest BCUT2D eigenvalue weighted by Gasteiger charge is 2.18. The Kier molecular flexibility index (Phi) is 4.59. The van der Waals surface area contributed by atoms with Gasteiger partial charge in [-0.2, -0.15) is 0 Å². The molecule has 0 heterocycles. The Labute approximate surface area is 104 Å². The molecule has 18 heavy (non-hydrogen) atoms. The predicted molar refractivity (Wildman–Crippen MR) is 66.9 cm³/mol. The van der Waals surface area contributed by atoms with E-state index in [1.54, 1.807) is 7.05 Å². The first-order valence-corrected chi connectivity index (χ1v) is 6.60. The third kappa shape index (κ3) is 3.65. The molecule has 0 saturated carbocycles. The van der Waals surface area contributed by atoms with Crippen LogP contribution < -0.4 is 15.8 Å². The lowest BCUT2D eigenvalue weighted by Crippen LogP contribution is -2.18. The molecule has 4 N–H and O–H groups in total. The third-order valence-electron chi connectivity index (χ3n) is 2.18. The second kappa shape index (κ2) is 5.76. The van der Waals surface area contributed by atoms with Gasteiger partial charge in [-0.1, -0.05) is 0 Å². The van der Waals surface area contributed by atoms with Gasteiger partial charge in [-0.3, -0.25) is 10.1 Å². The molecule has 0 atom stereocenters. The van der Waals surface area contributed by atoms with E-state index in [4.69, 9.17) is 5.14 Å². The number of nitro groups is 1. The maximum atomic E-state index is 11.1. The van der Waals surface area contributed by atoms with Gasteiger partial charge in [0.15, 0.2) is 0 Å². The fraction of sp³-hybridized carbons (Fsp3) is 0.333. The molecule has 0 aliphatic heterocycles. The number of benzene rings is 1. The average Bonchev–Trinajstić information content (AvgIpc) is 2.28. The Hall–Kier alpha value is -1.71. The van der Waals surface area contributed by atoms with Crippen molar-refractivity contribution in [2.24, 2.45) is 5.14 Å². The predicted octanol–water partition coefficient (Wildman–Crippen LogP) is -0.127. The normalized spacial score (nSPS) is 11.2. The topological polar surface area (TPSA) is 127 Å². The van der Waals surface area contributed by atoms with Crippen LogP contribution in [-0.4, -0.2) is 33.5 Å². The smallest absolute Gasteiger partial charge is 0.293 e. The van der Waals surface area contributed by atoms with Crippen LogP contribution >= 0.6 is 0 Å². The third-order valence-corrected chi connectivity index (χ3v) is 3.10. The molecule has 0 aliphatic rings. The molecule has 0 saturated heterocycles. The molecule has 0 fully saturated rings. The van der Waals surface area contributed by atoms with Crippen LogP contribution in [0.2, 0.25) is 0 Å². The van der Waals surface area contributed by atoms with Gasteiger partial charge in [0.1, 0.15) is 5.69 Å². The first-order valence-electron chi connectivity index (χ1n) is 5.06. The molecule has 1 aromatic carbocycles. The summed E-state index contributed by atoms with van der Waals surface area (Å²) in [6, 6.07) is 3.49. The van der Waals surface area contributed by atoms with Crippen molar-refractivity contribution in [2.45, 2.75) is 4.90 Å². The second-order valence-electron chi connectivity index (χ2n) is 3.51. The van der Waals surface area contributed by atoms with Gasteiger partial charge >= 0.3 is 0 Å². The Morgan fingerprint density at radius 3 is 2.56 bits per heavy atom. The second-order valence-corrected chi connectivity index (χ2v) is 5.07. The van der Waals surface area contributed by atoms with Gasteiger partial charge in [0.2, 0.25) is 10.0 Å². The standard InChI is InChI=1S/C9H14N4O4S/c1-11-4-5-12-8-3-2-7(18(10,16)17)6-9(8)13(14)15/h2-3,6,11-12H,4-5H2,1H3,(H2,10,16,17). The van der Waals surface area contributed by atoms with E-state index in [1.165, 1.54) is 12.1 Å². The minimum Gasteiger partial charge on any atom is -0.378 e. The summed E-state index contributed by atoms with van der Waals surface area (Å²) < 4.78 is 22.2. The molecule has 0 amide bonds. The summed E-state index contributed by atoms with van der Waals surface area (Å²) in [6.45, 7) is 1.10. The fourth-order valence-corrected chi connectivity index (χ4v) is 1.84. The number of nitrogens with two attached hydrogens (primary N) is 1. The lowest BCUT2D eigenvalue weighted by molar-refractivity contribution is -0.384. The Morgan fingerprint density at radius 1 is 1.39 bits per heavy atom.